The Hall–Kier alpha value is -3.33. The van der Waals surface area contributed by atoms with Gasteiger partial charge in [-0.15, -0.1) is 10.2 Å². The fourth-order valence-electron chi connectivity index (χ4n) is 3.59. The zero-order valence-electron chi connectivity index (χ0n) is 17.0. The van der Waals surface area contributed by atoms with Gasteiger partial charge in [-0.3, -0.25) is 10.1 Å². The van der Waals surface area contributed by atoms with Gasteiger partial charge in [0, 0.05) is 17.8 Å². The number of hydrogen-bond donors (Lipinski definition) is 2. The number of para-hydroxylation sites is 1. The van der Waals surface area contributed by atoms with E-state index in [0.29, 0.717) is 23.1 Å². The molecule has 1 saturated heterocycles. The summed E-state index contributed by atoms with van der Waals surface area (Å²) in [5.74, 6) is -0.624. The maximum atomic E-state index is 13.1. The van der Waals surface area contributed by atoms with Crippen LogP contribution in [0, 0.1) is 5.82 Å². The maximum absolute atomic E-state index is 13.1. The van der Waals surface area contributed by atoms with Gasteiger partial charge >= 0.3 is 6.03 Å². The minimum absolute atomic E-state index is 0.289. The van der Waals surface area contributed by atoms with Gasteiger partial charge < -0.3 is 10.2 Å². The van der Waals surface area contributed by atoms with E-state index in [2.05, 4.69) is 20.8 Å². The number of carbonyl (C=O) groups is 2. The molecule has 4 rings (SSSR count). The van der Waals surface area contributed by atoms with Crippen LogP contribution in [0.1, 0.15) is 25.3 Å². The number of aryl methyl sites for hydroxylation is 1. The summed E-state index contributed by atoms with van der Waals surface area (Å²) in [5.41, 5.74) is 2.52. The minimum atomic E-state index is -0.577. The lowest BCUT2D eigenvalue weighted by Gasteiger charge is -2.24. The van der Waals surface area contributed by atoms with Crippen LogP contribution in [0.25, 0.3) is 10.6 Å². The Balaban J connectivity index is 1.42. The monoisotopic (exact) mass is 439 g/mol. The van der Waals surface area contributed by atoms with Crippen LogP contribution in [-0.4, -0.2) is 39.6 Å². The summed E-state index contributed by atoms with van der Waals surface area (Å²) in [6.07, 6.45) is 2.13. The van der Waals surface area contributed by atoms with Gasteiger partial charge in [-0.25, -0.2) is 9.18 Å². The topological polar surface area (TPSA) is 87.2 Å². The molecule has 2 aromatic carbocycles. The first-order chi connectivity index (χ1) is 15.0. The van der Waals surface area contributed by atoms with E-state index in [-0.39, 0.29) is 17.8 Å². The van der Waals surface area contributed by atoms with Crippen LogP contribution in [0.15, 0.2) is 48.5 Å². The van der Waals surface area contributed by atoms with Crippen molar-refractivity contribution in [3.63, 3.8) is 0 Å². The first-order valence-corrected chi connectivity index (χ1v) is 10.9. The maximum Gasteiger partial charge on any atom is 0.322 e. The molecular formula is C22H22FN5O2S. The summed E-state index contributed by atoms with van der Waals surface area (Å²) in [4.78, 5) is 27.3. The molecule has 3 aromatic rings. The highest BCUT2D eigenvalue weighted by molar-refractivity contribution is 7.18. The van der Waals surface area contributed by atoms with Crippen LogP contribution in [0.2, 0.25) is 0 Å². The fourth-order valence-corrected chi connectivity index (χ4v) is 4.34. The molecule has 3 amide bonds. The standard InChI is InChI=1S/C22H22FN5O2S/c1-2-14-6-3-4-7-17(14)24-22(30)28-13-5-8-18(28)19(29)25-21-27-26-20(31-21)15-9-11-16(23)12-10-15/h3-4,6-7,9-12,18H,2,5,8,13H2,1H3,(H,24,30)(H,25,27,29). The van der Waals surface area contributed by atoms with Crippen molar-refractivity contribution in [2.75, 3.05) is 17.2 Å². The Bertz CT molecular complexity index is 1090. The Morgan fingerprint density at radius 3 is 2.68 bits per heavy atom. The third-order valence-corrected chi connectivity index (χ3v) is 6.09. The van der Waals surface area contributed by atoms with E-state index in [9.17, 15) is 14.0 Å². The lowest BCUT2D eigenvalue weighted by atomic mass is 10.1. The molecule has 2 N–H and O–H groups in total. The van der Waals surface area contributed by atoms with E-state index in [1.54, 1.807) is 17.0 Å². The highest BCUT2D eigenvalue weighted by atomic mass is 32.1. The summed E-state index contributed by atoms with van der Waals surface area (Å²) in [6, 6.07) is 12.7. The van der Waals surface area contributed by atoms with Gasteiger partial charge in [-0.2, -0.15) is 0 Å². The normalized spacial score (nSPS) is 15.7. The molecule has 1 atom stereocenters. The second-order valence-electron chi connectivity index (χ2n) is 7.20. The number of benzene rings is 2. The smallest absolute Gasteiger partial charge is 0.312 e. The zero-order valence-corrected chi connectivity index (χ0v) is 17.8. The van der Waals surface area contributed by atoms with Gasteiger partial charge in [0.05, 0.1) is 0 Å². The van der Waals surface area contributed by atoms with Gasteiger partial charge in [0.25, 0.3) is 0 Å². The molecule has 31 heavy (non-hydrogen) atoms. The van der Waals surface area contributed by atoms with Gasteiger partial charge in [0.15, 0.2) is 0 Å². The third-order valence-electron chi connectivity index (χ3n) is 5.20. The van der Waals surface area contributed by atoms with E-state index in [4.69, 9.17) is 0 Å². The molecule has 0 saturated carbocycles. The molecule has 1 unspecified atom stereocenters. The number of nitrogens with zero attached hydrogens (tertiary/aromatic N) is 3. The quantitative estimate of drug-likeness (QED) is 0.611. The average Bonchev–Trinajstić information content (AvgIpc) is 3.44. The van der Waals surface area contributed by atoms with Crippen molar-refractivity contribution in [1.82, 2.24) is 15.1 Å². The molecule has 1 aliphatic heterocycles. The molecule has 7 nitrogen and oxygen atoms in total. The summed E-state index contributed by atoms with van der Waals surface area (Å²) < 4.78 is 13.1. The van der Waals surface area contributed by atoms with Crippen molar-refractivity contribution < 1.29 is 14.0 Å². The molecule has 1 fully saturated rings. The molecule has 1 aromatic heterocycles. The van der Waals surface area contributed by atoms with Crippen LogP contribution in [-0.2, 0) is 11.2 Å². The Morgan fingerprint density at radius 2 is 1.90 bits per heavy atom. The molecule has 2 heterocycles. The number of urea groups is 1. The molecule has 0 radical (unpaired) electrons. The van der Waals surface area contributed by atoms with Gasteiger partial charge in [0.2, 0.25) is 11.0 Å². The predicted octanol–water partition coefficient (Wildman–Crippen LogP) is 4.54. The minimum Gasteiger partial charge on any atom is -0.312 e. The zero-order chi connectivity index (χ0) is 21.8. The molecule has 0 spiro atoms. The molecule has 1 aliphatic rings. The van der Waals surface area contributed by atoms with Crippen molar-refractivity contribution in [2.24, 2.45) is 0 Å². The van der Waals surface area contributed by atoms with E-state index in [0.717, 1.165) is 29.7 Å². The summed E-state index contributed by atoms with van der Waals surface area (Å²) >= 11 is 1.20. The highest BCUT2D eigenvalue weighted by Gasteiger charge is 2.34. The highest BCUT2D eigenvalue weighted by Crippen LogP contribution is 2.28. The van der Waals surface area contributed by atoms with E-state index in [1.807, 2.05) is 31.2 Å². The van der Waals surface area contributed by atoms with E-state index < -0.39 is 6.04 Å². The summed E-state index contributed by atoms with van der Waals surface area (Å²) in [7, 11) is 0. The number of carbonyl (C=O) groups excluding carboxylic acids is 2. The Labute approximate surface area is 183 Å². The second kappa shape index (κ2) is 9.22. The van der Waals surface area contributed by atoms with Crippen molar-refractivity contribution in [1.29, 1.82) is 0 Å². The Kier molecular flexibility index (Phi) is 6.22. The number of aromatic nitrogens is 2. The number of rotatable bonds is 5. The van der Waals surface area contributed by atoms with Crippen LogP contribution < -0.4 is 10.6 Å². The van der Waals surface area contributed by atoms with E-state index in [1.165, 1.54) is 23.5 Å². The largest absolute Gasteiger partial charge is 0.322 e. The van der Waals surface area contributed by atoms with Gasteiger partial charge in [0.1, 0.15) is 16.9 Å². The second-order valence-corrected chi connectivity index (χ2v) is 8.18. The number of hydrogen-bond acceptors (Lipinski definition) is 5. The molecular weight excluding hydrogens is 417 g/mol. The number of amides is 3. The van der Waals surface area contributed by atoms with Crippen molar-refractivity contribution in [3.05, 3.63) is 59.9 Å². The van der Waals surface area contributed by atoms with E-state index >= 15 is 0 Å². The first-order valence-electron chi connectivity index (χ1n) is 10.1. The SMILES string of the molecule is CCc1ccccc1NC(=O)N1CCCC1C(=O)Nc1nnc(-c2ccc(F)cc2)s1. The number of halogens is 1. The van der Waals surface area contributed by atoms with Crippen molar-refractivity contribution in [2.45, 2.75) is 32.2 Å². The van der Waals surface area contributed by atoms with Crippen LogP contribution in [0.4, 0.5) is 20.0 Å². The van der Waals surface area contributed by atoms with Crippen molar-refractivity contribution >= 4 is 34.1 Å². The fraction of sp³-hybridized carbons (Fsp3) is 0.273. The number of nitrogens with one attached hydrogen (secondary N) is 2. The summed E-state index contributed by atoms with van der Waals surface area (Å²) in [5, 5.41) is 14.7. The number of likely N-dealkylation sites (tertiary alicyclic amines) is 1. The van der Waals surface area contributed by atoms with Gasteiger partial charge in [-0.05, 0) is 55.2 Å². The molecule has 9 heteroatoms. The third kappa shape index (κ3) is 4.72. The average molecular weight is 440 g/mol. The molecule has 160 valence electrons. The summed E-state index contributed by atoms with van der Waals surface area (Å²) in [6.45, 7) is 2.54. The van der Waals surface area contributed by atoms with Crippen LogP contribution >= 0.6 is 11.3 Å². The first kappa shape index (κ1) is 20.9. The molecule has 0 aliphatic carbocycles. The van der Waals surface area contributed by atoms with Crippen molar-refractivity contribution in [3.8, 4) is 10.6 Å². The van der Waals surface area contributed by atoms with Crippen LogP contribution in [0.5, 0.6) is 0 Å². The number of anilines is 2. The van der Waals surface area contributed by atoms with Gasteiger partial charge in [-0.1, -0.05) is 36.5 Å². The predicted molar refractivity (Wildman–Crippen MR) is 118 cm³/mol. The lowest BCUT2D eigenvalue weighted by Crippen LogP contribution is -2.45. The molecule has 0 bridgehead atoms. The Morgan fingerprint density at radius 1 is 1.13 bits per heavy atom. The van der Waals surface area contributed by atoms with Crippen LogP contribution in [0.3, 0.4) is 0 Å². The lowest BCUT2D eigenvalue weighted by molar-refractivity contribution is -0.119.